The summed E-state index contributed by atoms with van der Waals surface area (Å²) in [6, 6.07) is 13.5. The number of carbonyl (C=O) groups is 1. The first-order valence-corrected chi connectivity index (χ1v) is 8.71. The number of sulfonamides is 1. The third-order valence-electron chi connectivity index (χ3n) is 3.25. The van der Waals surface area contributed by atoms with Crippen LogP contribution in [0.2, 0.25) is 5.02 Å². The first-order valence-electron chi connectivity index (χ1n) is 6.89. The van der Waals surface area contributed by atoms with Crippen LogP contribution in [0.25, 0.3) is 0 Å². The number of benzene rings is 2. The van der Waals surface area contributed by atoms with Crippen molar-refractivity contribution in [2.45, 2.75) is 24.3 Å². The van der Waals surface area contributed by atoms with Gasteiger partial charge in [-0.25, -0.2) is 8.42 Å². The van der Waals surface area contributed by atoms with Gasteiger partial charge in [0.05, 0.1) is 23.0 Å². The van der Waals surface area contributed by atoms with Crippen molar-refractivity contribution < 1.29 is 18.3 Å². The standard InChI is InChI=1S/C16H16ClNO4S/c1-12(11-16(19)20)18(14-5-3-2-4-6-14)23(21,22)15-9-7-13(17)8-10-15/h2-10,12H,11H2,1H3,(H,19,20). The van der Waals surface area contributed by atoms with E-state index in [1.807, 2.05) is 0 Å². The van der Waals surface area contributed by atoms with E-state index in [4.69, 9.17) is 16.7 Å². The number of rotatable bonds is 6. The van der Waals surface area contributed by atoms with E-state index < -0.39 is 22.0 Å². The Hall–Kier alpha value is -2.05. The van der Waals surface area contributed by atoms with E-state index in [0.29, 0.717) is 10.7 Å². The molecule has 0 saturated heterocycles. The maximum Gasteiger partial charge on any atom is 0.305 e. The van der Waals surface area contributed by atoms with E-state index in [9.17, 15) is 13.2 Å². The fourth-order valence-corrected chi connectivity index (χ4v) is 4.04. The lowest BCUT2D eigenvalue weighted by atomic mass is 10.2. The predicted molar refractivity (Wildman–Crippen MR) is 89.3 cm³/mol. The molecule has 122 valence electrons. The molecule has 1 atom stereocenters. The number of carboxylic acid groups (broad SMARTS) is 1. The molecule has 0 aliphatic heterocycles. The molecule has 0 aromatic heterocycles. The Kier molecular flexibility index (Phi) is 5.28. The third kappa shape index (κ3) is 4.03. The van der Waals surface area contributed by atoms with Crippen LogP contribution < -0.4 is 4.31 Å². The van der Waals surface area contributed by atoms with Crippen molar-refractivity contribution in [1.82, 2.24) is 0 Å². The molecule has 5 nitrogen and oxygen atoms in total. The zero-order valence-electron chi connectivity index (χ0n) is 12.4. The molecule has 1 unspecified atom stereocenters. The molecular formula is C16H16ClNO4S. The highest BCUT2D eigenvalue weighted by atomic mass is 35.5. The molecule has 2 aromatic carbocycles. The zero-order valence-corrected chi connectivity index (χ0v) is 14.0. The summed E-state index contributed by atoms with van der Waals surface area (Å²) in [5.74, 6) is -1.07. The molecule has 0 bridgehead atoms. The summed E-state index contributed by atoms with van der Waals surface area (Å²) in [7, 11) is -3.90. The largest absolute Gasteiger partial charge is 0.481 e. The lowest BCUT2D eigenvalue weighted by molar-refractivity contribution is -0.137. The van der Waals surface area contributed by atoms with E-state index >= 15 is 0 Å². The molecule has 0 aliphatic carbocycles. The summed E-state index contributed by atoms with van der Waals surface area (Å²) >= 11 is 5.80. The highest BCUT2D eigenvalue weighted by molar-refractivity contribution is 7.92. The predicted octanol–water partition coefficient (Wildman–Crippen LogP) is 3.40. The van der Waals surface area contributed by atoms with Gasteiger partial charge in [0, 0.05) is 5.02 Å². The van der Waals surface area contributed by atoms with Gasteiger partial charge in [0.25, 0.3) is 10.0 Å². The van der Waals surface area contributed by atoms with Crippen LogP contribution in [-0.4, -0.2) is 25.5 Å². The van der Waals surface area contributed by atoms with Crippen LogP contribution >= 0.6 is 11.6 Å². The van der Waals surface area contributed by atoms with Crippen LogP contribution in [0.1, 0.15) is 13.3 Å². The average molecular weight is 354 g/mol. The van der Waals surface area contributed by atoms with Crippen LogP contribution in [-0.2, 0) is 14.8 Å². The van der Waals surface area contributed by atoms with Gasteiger partial charge in [-0.15, -0.1) is 0 Å². The summed E-state index contributed by atoms with van der Waals surface area (Å²) in [5.41, 5.74) is 0.413. The number of anilines is 1. The first kappa shape index (κ1) is 17.3. The second-order valence-corrected chi connectivity index (χ2v) is 7.29. The lowest BCUT2D eigenvalue weighted by Crippen LogP contribution is -2.40. The minimum absolute atomic E-state index is 0.0583. The van der Waals surface area contributed by atoms with Gasteiger partial charge in [0.1, 0.15) is 0 Å². The molecule has 23 heavy (non-hydrogen) atoms. The van der Waals surface area contributed by atoms with E-state index in [1.165, 1.54) is 24.3 Å². The lowest BCUT2D eigenvalue weighted by Gasteiger charge is -2.29. The maximum atomic E-state index is 13.0. The van der Waals surface area contributed by atoms with Gasteiger partial charge in [-0.05, 0) is 43.3 Å². The van der Waals surface area contributed by atoms with Gasteiger partial charge in [0.15, 0.2) is 0 Å². The average Bonchev–Trinajstić information content (AvgIpc) is 2.47. The van der Waals surface area contributed by atoms with Gasteiger partial charge in [0.2, 0.25) is 0 Å². The molecule has 0 amide bonds. The smallest absolute Gasteiger partial charge is 0.305 e. The van der Waals surface area contributed by atoms with Gasteiger partial charge < -0.3 is 5.11 Å². The highest BCUT2D eigenvalue weighted by Crippen LogP contribution is 2.27. The van der Waals surface area contributed by atoms with Crippen molar-refractivity contribution >= 4 is 33.3 Å². The van der Waals surface area contributed by atoms with Crippen molar-refractivity contribution in [3.63, 3.8) is 0 Å². The Morgan fingerprint density at radius 3 is 2.22 bits per heavy atom. The van der Waals surface area contributed by atoms with Gasteiger partial charge in [-0.2, -0.15) is 0 Å². The molecule has 0 fully saturated rings. The van der Waals surface area contributed by atoms with Crippen LogP contribution in [0, 0.1) is 0 Å². The molecule has 2 aromatic rings. The van der Waals surface area contributed by atoms with Crippen molar-refractivity contribution in [2.75, 3.05) is 4.31 Å². The van der Waals surface area contributed by atoms with Crippen LogP contribution in [0.4, 0.5) is 5.69 Å². The summed E-state index contributed by atoms with van der Waals surface area (Å²) in [4.78, 5) is 11.1. The Bertz CT molecular complexity index is 775. The number of nitrogens with zero attached hydrogens (tertiary/aromatic N) is 1. The van der Waals surface area contributed by atoms with E-state index in [1.54, 1.807) is 37.3 Å². The normalized spacial score (nSPS) is 12.6. The van der Waals surface area contributed by atoms with Gasteiger partial charge in [-0.1, -0.05) is 29.8 Å². The zero-order chi connectivity index (χ0) is 17.0. The minimum Gasteiger partial charge on any atom is -0.481 e. The summed E-state index contributed by atoms with van der Waals surface area (Å²) in [5, 5.41) is 9.44. The van der Waals surface area contributed by atoms with Gasteiger partial charge >= 0.3 is 5.97 Å². The number of hydrogen-bond donors (Lipinski definition) is 1. The van der Waals surface area contributed by atoms with Crippen LogP contribution in [0.3, 0.4) is 0 Å². The van der Waals surface area contributed by atoms with E-state index in [0.717, 1.165) is 4.31 Å². The first-order chi connectivity index (χ1) is 10.8. The SMILES string of the molecule is CC(CC(=O)O)N(c1ccccc1)S(=O)(=O)c1ccc(Cl)cc1. The van der Waals surface area contributed by atoms with Crippen molar-refractivity contribution in [3.8, 4) is 0 Å². The number of para-hydroxylation sites is 1. The minimum atomic E-state index is -3.90. The highest BCUT2D eigenvalue weighted by Gasteiger charge is 2.30. The Morgan fingerprint density at radius 2 is 1.70 bits per heavy atom. The molecular weight excluding hydrogens is 338 g/mol. The Balaban J connectivity index is 2.52. The molecule has 0 radical (unpaired) electrons. The molecule has 0 spiro atoms. The Morgan fingerprint density at radius 1 is 1.13 bits per heavy atom. The fraction of sp³-hybridized carbons (Fsp3) is 0.188. The molecule has 0 aliphatic rings. The molecule has 0 heterocycles. The molecule has 0 saturated carbocycles. The number of aliphatic carboxylic acids is 1. The van der Waals surface area contributed by atoms with Crippen LogP contribution in [0.5, 0.6) is 0 Å². The second kappa shape index (κ2) is 7.02. The topological polar surface area (TPSA) is 74.7 Å². The van der Waals surface area contributed by atoms with Crippen molar-refractivity contribution in [1.29, 1.82) is 0 Å². The summed E-state index contributed by atoms with van der Waals surface area (Å²) in [6.07, 6.45) is -0.304. The molecule has 1 N–H and O–H groups in total. The number of carboxylic acids is 1. The van der Waals surface area contributed by atoms with Crippen molar-refractivity contribution in [3.05, 3.63) is 59.6 Å². The van der Waals surface area contributed by atoms with E-state index in [2.05, 4.69) is 0 Å². The van der Waals surface area contributed by atoms with Crippen LogP contribution in [0.15, 0.2) is 59.5 Å². The second-order valence-electron chi connectivity index (χ2n) is 5.04. The number of halogens is 1. The monoisotopic (exact) mass is 353 g/mol. The third-order valence-corrected chi connectivity index (χ3v) is 5.46. The summed E-state index contributed by atoms with van der Waals surface area (Å²) in [6.45, 7) is 1.56. The van der Waals surface area contributed by atoms with Crippen molar-refractivity contribution in [2.24, 2.45) is 0 Å². The van der Waals surface area contributed by atoms with Gasteiger partial charge in [-0.3, -0.25) is 9.10 Å². The summed E-state index contributed by atoms with van der Waals surface area (Å²) < 4.78 is 27.0. The molecule has 7 heteroatoms. The fourth-order valence-electron chi connectivity index (χ4n) is 2.26. The Labute approximate surface area is 140 Å². The maximum absolute atomic E-state index is 13.0. The molecule has 2 rings (SSSR count). The quantitative estimate of drug-likeness (QED) is 0.863. The van der Waals surface area contributed by atoms with E-state index in [-0.39, 0.29) is 11.3 Å². The number of hydrogen-bond acceptors (Lipinski definition) is 3.